The Balaban J connectivity index is 2.93. The Morgan fingerprint density at radius 1 is 1.11 bits per heavy atom. The molecule has 0 aliphatic carbocycles. The van der Waals surface area contributed by atoms with Crippen molar-refractivity contribution in [2.45, 2.75) is 50.4 Å². The first kappa shape index (κ1) is 23.3. The number of hydrogen-bond acceptors (Lipinski definition) is 7. The number of rotatable bonds is 10. The van der Waals surface area contributed by atoms with Crippen LogP contribution in [0.25, 0.3) is 0 Å². The summed E-state index contributed by atoms with van der Waals surface area (Å²) in [4.78, 5) is 61.4. The summed E-state index contributed by atoms with van der Waals surface area (Å²) in [7, 11) is 1.57. The van der Waals surface area contributed by atoms with E-state index in [-0.39, 0.29) is 13.1 Å². The normalized spacial score (nSPS) is 19.4. The van der Waals surface area contributed by atoms with Gasteiger partial charge in [0.15, 0.2) is 0 Å². The maximum atomic E-state index is 12.9. The van der Waals surface area contributed by atoms with E-state index in [1.807, 2.05) is 0 Å². The van der Waals surface area contributed by atoms with Crippen molar-refractivity contribution in [2.24, 2.45) is 17.2 Å². The standard InChI is InChI=1S/C16H29N7O5/c1-8(20-2)14(26)21-9(6-12(18)24)16(28)23-5-3-4-11(23)15(27)22-10(7-17)13(19)25/h8-11,20H,3-7,17H2,1-2H3,(H2,18,24)(H2,19,25)(H,21,26)(H,22,27). The summed E-state index contributed by atoms with van der Waals surface area (Å²) in [6, 6.07) is -3.71. The smallest absolute Gasteiger partial charge is 0.246 e. The van der Waals surface area contributed by atoms with Crippen molar-refractivity contribution in [1.82, 2.24) is 20.9 Å². The van der Waals surface area contributed by atoms with Gasteiger partial charge >= 0.3 is 0 Å². The minimum Gasteiger partial charge on any atom is -0.370 e. The minimum absolute atomic E-state index is 0.177. The monoisotopic (exact) mass is 399 g/mol. The third-order valence-corrected chi connectivity index (χ3v) is 4.58. The number of likely N-dealkylation sites (N-methyl/N-ethyl adjacent to an activating group) is 1. The molecule has 1 rings (SSSR count). The van der Waals surface area contributed by atoms with Gasteiger partial charge in [0, 0.05) is 13.1 Å². The van der Waals surface area contributed by atoms with Crippen LogP contribution in [0.15, 0.2) is 0 Å². The predicted octanol–water partition coefficient (Wildman–Crippen LogP) is -4.13. The Kier molecular flexibility index (Phi) is 8.79. The molecule has 0 saturated carbocycles. The number of carbonyl (C=O) groups excluding carboxylic acids is 5. The quantitative estimate of drug-likeness (QED) is 0.214. The van der Waals surface area contributed by atoms with Gasteiger partial charge in [-0.05, 0) is 26.8 Å². The molecule has 0 aromatic heterocycles. The summed E-state index contributed by atoms with van der Waals surface area (Å²) in [6.07, 6.45) is 0.494. The Labute approximate surface area is 162 Å². The molecule has 9 N–H and O–H groups in total. The Hall–Kier alpha value is -2.73. The summed E-state index contributed by atoms with van der Waals surface area (Å²) >= 11 is 0. The van der Waals surface area contributed by atoms with Crippen LogP contribution in [0.3, 0.4) is 0 Å². The zero-order valence-electron chi connectivity index (χ0n) is 16.1. The summed E-state index contributed by atoms with van der Waals surface area (Å²) in [5.74, 6) is -3.22. The van der Waals surface area contributed by atoms with Crippen LogP contribution in [0.1, 0.15) is 26.2 Å². The molecular formula is C16H29N7O5. The third kappa shape index (κ3) is 6.16. The van der Waals surface area contributed by atoms with E-state index < -0.39 is 60.1 Å². The largest absolute Gasteiger partial charge is 0.370 e. The number of primary amides is 2. The molecule has 158 valence electrons. The summed E-state index contributed by atoms with van der Waals surface area (Å²) < 4.78 is 0. The van der Waals surface area contributed by atoms with Gasteiger partial charge in [0.2, 0.25) is 29.5 Å². The van der Waals surface area contributed by atoms with Crippen LogP contribution in [-0.4, -0.2) is 78.7 Å². The zero-order chi connectivity index (χ0) is 21.4. The van der Waals surface area contributed by atoms with Gasteiger partial charge in [-0.1, -0.05) is 0 Å². The van der Waals surface area contributed by atoms with Crippen LogP contribution in [0.2, 0.25) is 0 Å². The second kappa shape index (κ2) is 10.6. The number of nitrogens with one attached hydrogen (secondary N) is 3. The number of nitrogens with zero attached hydrogens (tertiary/aromatic N) is 1. The lowest BCUT2D eigenvalue weighted by molar-refractivity contribution is -0.143. The van der Waals surface area contributed by atoms with Crippen molar-refractivity contribution < 1.29 is 24.0 Å². The molecule has 12 nitrogen and oxygen atoms in total. The molecule has 4 unspecified atom stereocenters. The van der Waals surface area contributed by atoms with Crippen molar-refractivity contribution in [3.05, 3.63) is 0 Å². The SMILES string of the molecule is CNC(C)C(=O)NC(CC(N)=O)C(=O)N1CCCC1C(=O)NC(CN)C(N)=O. The third-order valence-electron chi connectivity index (χ3n) is 4.58. The predicted molar refractivity (Wildman–Crippen MR) is 99.2 cm³/mol. The Morgan fingerprint density at radius 2 is 1.75 bits per heavy atom. The molecule has 5 amide bonds. The lowest BCUT2D eigenvalue weighted by Crippen LogP contribution is -2.58. The van der Waals surface area contributed by atoms with Crippen molar-refractivity contribution in [2.75, 3.05) is 20.1 Å². The summed E-state index contributed by atoms with van der Waals surface area (Å²) in [5, 5.41) is 7.63. The molecule has 0 spiro atoms. The van der Waals surface area contributed by atoms with Crippen LogP contribution in [0.4, 0.5) is 0 Å². The highest BCUT2D eigenvalue weighted by molar-refractivity contribution is 5.96. The topological polar surface area (TPSA) is 203 Å². The van der Waals surface area contributed by atoms with E-state index in [0.29, 0.717) is 12.8 Å². The van der Waals surface area contributed by atoms with Crippen molar-refractivity contribution >= 4 is 29.5 Å². The van der Waals surface area contributed by atoms with E-state index in [9.17, 15) is 24.0 Å². The van der Waals surface area contributed by atoms with Gasteiger partial charge in [0.05, 0.1) is 12.5 Å². The molecule has 4 atom stereocenters. The first-order chi connectivity index (χ1) is 13.1. The van der Waals surface area contributed by atoms with Crippen LogP contribution in [0, 0.1) is 0 Å². The van der Waals surface area contributed by atoms with Gasteiger partial charge in [-0.25, -0.2) is 0 Å². The van der Waals surface area contributed by atoms with Gasteiger partial charge in [0.1, 0.15) is 18.1 Å². The van der Waals surface area contributed by atoms with Crippen LogP contribution >= 0.6 is 0 Å². The zero-order valence-corrected chi connectivity index (χ0v) is 16.1. The fourth-order valence-corrected chi connectivity index (χ4v) is 2.85. The van der Waals surface area contributed by atoms with Crippen molar-refractivity contribution in [1.29, 1.82) is 0 Å². The second-order valence-corrected chi connectivity index (χ2v) is 6.63. The van der Waals surface area contributed by atoms with E-state index in [0.717, 1.165) is 0 Å². The van der Waals surface area contributed by atoms with Crippen LogP contribution in [0.5, 0.6) is 0 Å². The number of carbonyl (C=O) groups is 5. The van der Waals surface area contributed by atoms with Gasteiger partial charge in [-0.2, -0.15) is 0 Å². The average Bonchev–Trinajstić information content (AvgIpc) is 3.13. The molecule has 0 bridgehead atoms. The Bertz CT molecular complexity index is 627. The number of amides is 5. The fraction of sp³-hybridized carbons (Fsp3) is 0.688. The van der Waals surface area contributed by atoms with Crippen molar-refractivity contribution in [3.8, 4) is 0 Å². The Morgan fingerprint density at radius 3 is 2.25 bits per heavy atom. The number of nitrogens with two attached hydrogens (primary N) is 3. The summed E-state index contributed by atoms with van der Waals surface area (Å²) in [5.41, 5.74) is 15.8. The minimum atomic E-state index is -1.20. The molecule has 1 saturated heterocycles. The molecular weight excluding hydrogens is 370 g/mol. The van der Waals surface area contributed by atoms with Crippen molar-refractivity contribution in [3.63, 3.8) is 0 Å². The average molecular weight is 399 g/mol. The lowest BCUT2D eigenvalue weighted by atomic mass is 10.1. The van der Waals surface area contributed by atoms with E-state index in [1.54, 1.807) is 14.0 Å². The highest BCUT2D eigenvalue weighted by Gasteiger charge is 2.39. The van der Waals surface area contributed by atoms with Gasteiger partial charge in [-0.15, -0.1) is 0 Å². The van der Waals surface area contributed by atoms with E-state index in [4.69, 9.17) is 17.2 Å². The fourth-order valence-electron chi connectivity index (χ4n) is 2.85. The van der Waals surface area contributed by atoms with Crippen LogP contribution < -0.4 is 33.2 Å². The number of likely N-dealkylation sites (tertiary alicyclic amines) is 1. The van der Waals surface area contributed by atoms with E-state index in [2.05, 4.69) is 16.0 Å². The van der Waals surface area contributed by atoms with Gasteiger partial charge in [-0.3, -0.25) is 24.0 Å². The lowest BCUT2D eigenvalue weighted by Gasteiger charge is -2.29. The van der Waals surface area contributed by atoms with E-state index >= 15 is 0 Å². The molecule has 12 heteroatoms. The first-order valence-corrected chi connectivity index (χ1v) is 8.98. The highest BCUT2D eigenvalue weighted by Crippen LogP contribution is 2.19. The van der Waals surface area contributed by atoms with Gasteiger partial charge < -0.3 is 38.1 Å². The van der Waals surface area contributed by atoms with Gasteiger partial charge in [0.25, 0.3) is 0 Å². The molecule has 1 fully saturated rings. The maximum Gasteiger partial charge on any atom is 0.246 e. The molecule has 1 heterocycles. The maximum absolute atomic E-state index is 12.9. The first-order valence-electron chi connectivity index (χ1n) is 8.98. The van der Waals surface area contributed by atoms with E-state index in [1.165, 1.54) is 4.90 Å². The summed E-state index contributed by atoms with van der Waals surface area (Å²) in [6.45, 7) is 1.67. The molecule has 0 aromatic rings. The number of hydrogen-bond donors (Lipinski definition) is 6. The molecule has 1 aliphatic rings. The molecule has 28 heavy (non-hydrogen) atoms. The second-order valence-electron chi connectivity index (χ2n) is 6.63. The molecule has 0 radical (unpaired) electrons. The highest BCUT2D eigenvalue weighted by atomic mass is 16.2. The van der Waals surface area contributed by atoms with Crippen LogP contribution in [-0.2, 0) is 24.0 Å². The molecule has 0 aromatic carbocycles. The molecule has 1 aliphatic heterocycles.